The van der Waals surface area contributed by atoms with Crippen LogP contribution in [0.5, 0.6) is 0 Å². The Labute approximate surface area is 79.0 Å². The maximum absolute atomic E-state index is 11.8. The molecule has 0 radical (unpaired) electrons. The second-order valence-corrected chi connectivity index (χ2v) is 4.00. The normalized spacial score (nSPS) is 11.2. The molecule has 1 heterocycles. The summed E-state index contributed by atoms with van der Waals surface area (Å²) in [5.74, 6) is 0.588. The summed E-state index contributed by atoms with van der Waals surface area (Å²) < 4.78 is 0. The molecule has 0 bridgehead atoms. The topological polar surface area (TPSA) is 32.9 Å². The third-order valence-electron chi connectivity index (χ3n) is 2.25. The van der Waals surface area contributed by atoms with Gasteiger partial charge in [-0.3, -0.25) is 4.79 Å². The molecule has 0 spiro atoms. The van der Waals surface area contributed by atoms with E-state index in [9.17, 15) is 4.79 Å². The summed E-state index contributed by atoms with van der Waals surface area (Å²) in [6.45, 7) is 8.15. The molecule has 1 aromatic heterocycles. The van der Waals surface area contributed by atoms with Crippen LogP contribution in [-0.4, -0.2) is 4.98 Å². The molecule has 0 aliphatic rings. The summed E-state index contributed by atoms with van der Waals surface area (Å²) in [7, 11) is 0. The summed E-state index contributed by atoms with van der Waals surface area (Å²) in [4.78, 5) is 14.9. The summed E-state index contributed by atoms with van der Waals surface area (Å²) in [6, 6.07) is 0. The van der Waals surface area contributed by atoms with Crippen molar-refractivity contribution in [3.05, 3.63) is 33.7 Å². The van der Waals surface area contributed by atoms with Crippen LogP contribution < -0.4 is 5.43 Å². The fraction of sp³-hybridized carbons (Fsp3) is 0.545. The van der Waals surface area contributed by atoms with Gasteiger partial charge < -0.3 is 4.98 Å². The monoisotopic (exact) mass is 179 g/mol. The number of H-pyrrole nitrogens is 1. The highest BCUT2D eigenvalue weighted by Crippen LogP contribution is 2.13. The molecule has 2 heteroatoms. The predicted octanol–water partition coefficient (Wildman–Crippen LogP) is 2.62. The SMILES string of the molecule is CC(C)c1c[nH]cc(C(C)C)c1=O. The zero-order chi connectivity index (χ0) is 10.0. The van der Waals surface area contributed by atoms with Gasteiger partial charge in [-0.1, -0.05) is 27.7 Å². The molecule has 0 aliphatic heterocycles. The van der Waals surface area contributed by atoms with Crippen LogP contribution in [0, 0.1) is 0 Å². The van der Waals surface area contributed by atoms with Gasteiger partial charge in [-0.2, -0.15) is 0 Å². The average molecular weight is 179 g/mol. The van der Waals surface area contributed by atoms with Crippen LogP contribution in [-0.2, 0) is 0 Å². The van der Waals surface area contributed by atoms with Crippen LogP contribution in [0.3, 0.4) is 0 Å². The van der Waals surface area contributed by atoms with Crippen molar-refractivity contribution in [3.63, 3.8) is 0 Å². The highest BCUT2D eigenvalue weighted by atomic mass is 16.1. The Bertz CT molecular complexity index is 307. The molecule has 1 rings (SSSR count). The smallest absolute Gasteiger partial charge is 0.188 e. The van der Waals surface area contributed by atoms with Gasteiger partial charge in [-0.25, -0.2) is 0 Å². The number of aromatic amines is 1. The van der Waals surface area contributed by atoms with E-state index in [-0.39, 0.29) is 5.43 Å². The highest BCUT2D eigenvalue weighted by Gasteiger charge is 2.10. The van der Waals surface area contributed by atoms with Crippen LogP contribution in [0.1, 0.15) is 50.7 Å². The molecule has 0 aliphatic carbocycles. The van der Waals surface area contributed by atoms with Crippen molar-refractivity contribution in [2.75, 3.05) is 0 Å². The number of hydrogen-bond donors (Lipinski definition) is 1. The van der Waals surface area contributed by atoms with Crippen molar-refractivity contribution in [2.24, 2.45) is 0 Å². The first-order valence-corrected chi connectivity index (χ1v) is 4.75. The fourth-order valence-corrected chi connectivity index (χ4v) is 1.38. The minimum atomic E-state index is 0.198. The van der Waals surface area contributed by atoms with Crippen molar-refractivity contribution < 1.29 is 0 Å². The zero-order valence-electron chi connectivity index (χ0n) is 8.72. The molecule has 2 nitrogen and oxygen atoms in total. The predicted molar refractivity (Wildman–Crippen MR) is 55.2 cm³/mol. The number of nitrogens with one attached hydrogen (secondary N) is 1. The standard InChI is InChI=1S/C11H17NO/c1-7(2)9-5-12-6-10(8(3)4)11(9)13/h5-8H,1-4H3,(H,12,13). The Morgan fingerprint density at radius 1 is 1.00 bits per heavy atom. The Kier molecular flexibility index (Phi) is 2.91. The van der Waals surface area contributed by atoms with E-state index < -0.39 is 0 Å². The van der Waals surface area contributed by atoms with E-state index in [2.05, 4.69) is 4.98 Å². The zero-order valence-corrected chi connectivity index (χ0v) is 8.72. The van der Waals surface area contributed by atoms with Gasteiger partial charge in [0.2, 0.25) is 0 Å². The van der Waals surface area contributed by atoms with Crippen LogP contribution in [0.2, 0.25) is 0 Å². The third kappa shape index (κ3) is 2.00. The Morgan fingerprint density at radius 3 is 1.69 bits per heavy atom. The lowest BCUT2D eigenvalue weighted by Crippen LogP contribution is -2.16. The molecule has 0 saturated heterocycles. The second-order valence-electron chi connectivity index (χ2n) is 4.00. The van der Waals surface area contributed by atoms with E-state index in [1.807, 2.05) is 27.7 Å². The van der Waals surface area contributed by atoms with E-state index in [0.29, 0.717) is 11.8 Å². The van der Waals surface area contributed by atoms with Crippen molar-refractivity contribution in [1.29, 1.82) is 0 Å². The summed E-state index contributed by atoms with van der Waals surface area (Å²) in [6.07, 6.45) is 3.61. The minimum Gasteiger partial charge on any atom is -0.367 e. The molecule has 0 atom stereocenters. The lowest BCUT2D eigenvalue weighted by Gasteiger charge is -2.08. The molecule has 0 unspecified atom stereocenters. The van der Waals surface area contributed by atoms with Gasteiger partial charge in [-0.15, -0.1) is 0 Å². The molecule has 0 saturated carbocycles. The van der Waals surface area contributed by atoms with Crippen molar-refractivity contribution in [3.8, 4) is 0 Å². The van der Waals surface area contributed by atoms with Gasteiger partial charge in [0.25, 0.3) is 0 Å². The van der Waals surface area contributed by atoms with E-state index in [4.69, 9.17) is 0 Å². The van der Waals surface area contributed by atoms with Crippen LogP contribution >= 0.6 is 0 Å². The van der Waals surface area contributed by atoms with E-state index in [0.717, 1.165) is 11.1 Å². The first-order valence-electron chi connectivity index (χ1n) is 4.75. The second kappa shape index (κ2) is 3.77. The van der Waals surface area contributed by atoms with Crippen LogP contribution in [0.25, 0.3) is 0 Å². The Hall–Kier alpha value is -1.05. The molecule has 0 fully saturated rings. The fourth-order valence-electron chi connectivity index (χ4n) is 1.38. The minimum absolute atomic E-state index is 0.198. The van der Waals surface area contributed by atoms with Gasteiger partial charge in [0.05, 0.1) is 0 Å². The first-order chi connectivity index (χ1) is 6.04. The lowest BCUT2D eigenvalue weighted by molar-refractivity contribution is 0.804. The molecular weight excluding hydrogens is 162 g/mol. The maximum atomic E-state index is 11.8. The van der Waals surface area contributed by atoms with Crippen molar-refractivity contribution in [1.82, 2.24) is 4.98 Å². The lowest BCUT2D eigenvalue weighted by atomic mass is 9.98. The molecule has 0 aromatic carbocycles. The maximum Gasteiger partial charge on any atom is 0.188 e. The number of pyridine rings is 1. The van der Waals surface area contributed by atoms with Crippen LogP contribution in [0.15, 0.2) is 17.2 Å². The molecule has 13 heavy (non-hydrogen) atoms. The highest BCUT2D eigenvalue weighted by molar-refractivity contribution is 5.23. The van der Waals surface area contributed by atoms with Gasteiger partial charge >= 0.3 is 0 Å². The molecule has 1 aromatic rings. The molecular formula is C11H17NO. The number of rotatable bonds is 2. The quantitative estimate of drug-likeness (QED) is 0.743. The number of aromatic nitrogens is 1. The summed E-state index contributed by atoms with van der Waals surface area (Å²) >= 11 is 0. The van der Waals surface area contributed by atoms with Gasteiger partial charge in [0.15, 0.2) is 5.43 Å². The van der Waals surface area contributed by atoms with Crippen molar-refractivity contribution >= 4 is 0 Å². The van der Waals surface area contributed by atoms with E-state index in [1.165, 1.54) is 0 Å². The largest absolute Gasteiger partial charge is 0.367 e. The number of hydrogen-bond acceptors (Lipinski definition) is 1. The van der Waals surface area contributed by atoms with Gasteiger partial charge in [-0.05, 0) is 11.8 Å². The first kappa shape index (κ1) is 10.0. The average Bonchev–Trinajstić information content (AvgIpc) is 2.03. The van der Waals surface area contributed by atoms with Crippen LogP contribution in [0.4, 0.5) is 0 Å². The van der Waals surface area contributed by atoms with E-state index >= 15 is 0 Å². The third-order valence-corrected chi connectivity index (χ3v) is 2.25. The molecule has 1 N–H and O–H groups in total. The summed E-state index contributed by atoms with van der Waals surface area (Å²) in [5.41, 5.74) is 1.96. The Balaban J connectivity index is 3.27. The summed E-state index contributed by atoms with van der Waals surface area (Å²) in [5, 5.41) is 0. The Morgan fingerprint density at radius 2 is 1.38 bits per heavy atom. The molecule has 72 valence electrons. The van der Waals surface area contributed by atoms with Gasteiger partial charge in [0.1, 0.15) is 0 Å². The van der Waals surface area contributed by atoms with Crippen molar-refractivity contribution in [2.45, 2.75) is 39.5 Å². The molecule has 0 amide bonds. The van der Waals surface area contributed by atoms with Gasteiger partial charge in [0, 0.05) is 23.5 Å². The van der Waals surface area contributed by atoms with E-state index in [1.54, 1.807) is 12.4 Å².